The SMILES string of the molecule is CNC(=O)c1cc(-c2cc3sc(Nc4cc(C)[nH]n4)nc3nc2C(Cc2cc(F)cc(F)c2)NC=O)ccc1F. The molecule has 0 fully saturated rings. The molecule has 5 aromatic rings. The zero-order valence-electron chi connectivity index (χ0n) is 21.2. The predicted octanol–water partition coefficient (Wildman–Crippen LogP) is 4.94. The molecular formula is C27H22F3N7O2S. The summed E-state index contributed by atoms with van der Waals surface area (Å²) in [4.78, 5) is 33.2. The van der Waals surface area contributed by atoms with Crippen molar-refractivity contribution in [3.63, 3.8) is 0 Å². The van der Waals surface area contributed by atoms with Gasteiger partial charge in [0.2, 0.25) is 6.41 Å². The normalized spacial score (nSPS) is 11.8. The monoisotopic (exact) mass is 565 g/mol. The van der Waals surface area contributed by atoms with Gasteiger partial charge in [0.25, 0.3) is 5.91 Å². The minimum absolute atomic E-state index is 0.00971. The summed E-state index contributed by atoms with van der Waals surface area (Å²) in [7, 11) is 1.39. The maximum atomic E-state index is 14.5. The number of pyridine rings is 1. The van der Waals surface area contributed by atoms with Gasteiger partial charge in [-0.3, -0.25) is 14.7 Å². The number of fused-ring (bicyclic) bond motifs is 1. The highest BCUT2D eigenvalue weighted by Crippen LogP contribution is 2.36. The topological polar surface area (TPSA) is 125 Å². The number of hydrogen-bond acceptors (Lipinski definition) is 7. The molecule has 13 heteroatoms. The first-order valence-corrected chi connectivity index (χ1v) is 12.8. The van der Waals surface area contributed by atoms with Crippen molar-refractivity contribution in [2.75, 3.05) is 12.4 Å². The summed E-state index contributed by atoms with van der Waals surface area (Å²) < 4.78 is 43.1. The van der Waals surface area contributed by atoms with Crippen LogP contribution in [0.25, 0.3) is 21.5 Å². The van der Waals surface area contributed by atoms with E-state index in [1.165, 1.54) is 42.6 Å². The summed E-state index contributed by atoms with van der Waals surface area (Å²) in [6, 6.07) is 9.84. The van der Waals surface area contributed by atoms with Crippen LogP contribution in [0.15, 0.2) is 48.5 Å². The van der Waals surface area contributed by atoms with E-state index in [-0.39, 0.29) is 17.5 Å². The van der Waals surface area contributed by atoms with E-state index in [2.05, 4.69) is 31.1 Å². The number of amides is 2. The largest absolute Gasteiger partial charge is 0.355 e. The Balaban J connectivity index is 1.66. The first kappa shape index (κ1) is 26.8. The van der Waals surface area contributed by atoms with Gasteiger partial charge in [0.15, 0.2) is 16.6 Å². The van der Waals surface area contributed by atoms with E-state index < -0.39 is 29.4 Å². The third kappa shape index (κ3) is 5.64. The van der Waals surface area contributed by atoms with Crippen LogP contribution in [0.3, 0.4) is 0 Å². The second-order valence-corrected chi connectivity index (χ2v) is 9.95. The number of aromatic amines is 1. The maximum absolute atomic E-state index is 14.5. The quantitative estimate of drug-likeness (QED) is 0.188. The van der Waals surface area contributed by atoms with Gasteiger partial charge in [0.1, 0.15) is 17.5 Å². The number of rotatable bonds is 9. The summed E-state index contributed by atoms with van der Waals surface area (Å²) in [5, 5.41) is 15.7. The van der Waals surface area contributed by atoms with Gasteiger partial charge in [-0.05, 0) is 54.8 Å². The number of hydrogen-bond donors (Lipinski definition) is 4. The third-order valence-corrected chi connectivity index (χ3v) is 6.97. The van der Waals surface area contributed by atoms with Gasteiger partial charge in [0, 0.05) is 30.4 Å². The van der Waals surface area contributed by atoms with Gasteiger partial charge in [-0.2, -0.15) is 10.1 Å². The van der Waals surface area contributed by atoms with Crippen molar-refractivity contribution in [3.05, 3.63) is 88.5 Å². The fourth-order valence-corrected chi connectivity index (χ4v) is 5.16. The lowest BCUT2D eigenvalue weighted by atomic mass is 9.94. The molecule has 1 atom stereocenters. The van der Waals surface area contributed by atoms with Gasteiger partial charge < -0.3 is 16.0 Å². The summed E-state index contributed by atoms with van der Waals surface area (Å²) >= 11 is 1.29. The van der Waals surface area contributed by atoms with E-state index in [0.29, 0.717) is 44.5 Å². The Morgan fingerprint density at radius 2 is 1.85 bits per heavy atom. The average molecular weight is 566 g/mol. The Hall–Kier alpha value is -4.78. The van der Waals surface area contributed by atoms with Gasteiger partial charge in [-0.25, -0.2) is 18.2 Å². The number of nitrogens with zero attached hydrogens (tertiary/aromatic N) is 3. The van der Waals surface area contributed by atoms with Gasteiger partial charge in [-0.15, -0.1) is 0 Å². The Bertz CT molecular complexity index is 1720. The lowest BCUT2D eigenvalue weighted by Gasteiger charge is -2.20. The predicted molar refractivity (Wildman–Crippen MR) is 145 cm³/mol. The zero-order valence-corrected chi connectivity index (χ0v) is 22.0. The molecule has 0 saturated carbocycles. The van der Waals surface area contributed by atoms with Crippen molar-refractivity contribution in [2.45, 2.75) is 19.4 Å². The number of benzene rings is 2. The average Bonchev–Trinajstić information content (AvgIpc) is 3.51. The number of aromatic nitrogens is 4. The lowest BCUT2D eigenvalue weighted by molar-refractivity contribution is -0.110. The highest BCUT2D eigenvalue weighted by Gasteiger charge is 2.23. The molecule has 4 N–H and O–H groups in total. The summed E-state index contributed by atoms with van der Waals surface area (Å²) in [5.74, 6) is -2.30. The number of H-pyrrole nitrogens is 1. The van der Waals surface area contributed by atoms with E-state index in [9.17, 15) is 22.8 Å². The molecule has 3 heterocycles. The molecule has 0 aliphatic rings. The number of halogens is 3. The first-order valence-electron chi connectivity index (χ1n) is 12.0. The van der Waals surface area contributed by atoms with Crippen LogP contribution in [0.2, 0.25) is 0 Å². The van der Waals surface area contributed by atoms with Crippen molar-refractivity contribution in [3.8, 4) is 11.1 Å². The maximum Gasteiger partial charge on any atom is 0.254 e. The van der Waals surface area contributed by atoms with E-state index in [1.54, 1.807) is 12.1 Å². The van der Waals surface area contributed by atoms with Crippen LogP contribution in [-0.2, 0) is 11.2 Å². The van der Waals surface area contributed by atoms with Crippen LogP contribution in [0.4, 0.5) is 24.1 Å². The molecule has 0 spiro atoms. The Morgan fingerprint density at radius 1 is 1.07 bits per heavy atom. The minimum Gasteiger partial charge on any atom is -0.355 e. The highest BCUT2D eigenvalue weighted by atomic mass is 32.1. The molecular weight excluding hydrogens is 543 g/mol. The third-order valence-electron chi connectivity index (χ3n) is 6.06. The molecule has 40 heavy (non-hydrogen) atoms. The van der Waals surface area contributed by atoms with Crippen molar-refractivity contribution in [1.29, 1.82) is 0 Å². The molecule has 0 saturated heterocycles. The van der Waals surface area contributed by atoms with E-state index in [1.807, 2.05) is 6.92 Å². The van der Waals surface area contributed by atoms with Crippen LogP contribution in [0, 0.1) is 24.4 Å². The molecule has 2 amide bonds. The number of anilines is 2. The standard InChI is InChI=1S/C27H22F3N7O2S/c1-13-5-23(37-36-13)33-27-35-25-22(40-27)11-18(15-3-4-20(30)19(9-15)26(39)31-2)24(34-25)21(32-12-38)8-14-6-16(28)10-17(29)7-14/h3-7,9-12,21H,8H2,1-2H3,(H,31,39)(H,32,38)(H2,33,34,35,36,37). The zero-order chi connectivity index (χ0) is 28.4. The Kier molecular flexibility index (Phi) is 7.47. The summed E-state index contributed by atoms with van der Waals surface area (Å²) in [6.07, 6.45) is 0.453. The molecule has 0 aliphatic heterocycles. The smallest absolute Gasteiger partial charge is 0.254 e. The number of aryl methyl sites for hydroxylation is 1. The molecule has 0 aliphatic carbocycles. The molecule has 2 aromatic carbocycles. The molecule has 3 aromatic heterocycles. The molecule has 9 nitrogen and oxygen atoms in total. The number of nitrogens with one attached hydrogen (secondary N) is 4. The Morgan fingerprint density at radius 3 is 2.52 bits per heavy atom. The van der Waals surface area contributed by atoms with E-state index >= 15 is 0 Å². The van der Waals surface area contributed by atoms with Crippen LogP contribution >= 0.6 is 11.3 Å². The van der Waals surface area contributed by atoms with Gasteiger partial charge >= 0.3 is 0 Å². The number of carbonyl (C=O) groups is 2. The fraction of sp³-hybridized carbons (Fsp3) is 0.148. The second kappa shape index (κ2) is 11.1. The van der Waals surface area contributed by atoms with Crippen LogP contribution in [0.1, 0.15) is 33.4 Å². The second-order valence-electron chi connectivity index (χ2n) is 8.92. The van der Waals surface area contributed by atoms with Crippen molar-refractivity contribution in [1.82, 2.24) is 30.8 Å². The number of carbonyl (C=O) groups excluding carboxylic acids is 2. The fourth-order valence-electron chi connectivity index (χ4n) is 4.30. The Labute approximate surface area is 229 Å². The van der Waals surface area contributed by atoms with Crippen molar-refractivity contribution in [2.24, 2.45) is 0 Å². The van der Waals surface area contributed by atoms with Gasteiger partial charge in [0.05, 0.1) is 22.0 Å². The molecule has 0 radical (unpaired) electrons. The minimum atomic E-state index is -0.848. The van der Waals surface area contributed by atoms with Crippen molar-refractivity contribution >= 4 is 45.0 Å². The molecule has 0 bridgehead atoms. The molecule has 5 rings (SSSR count). The molecule has 1 unspecified atom stereocenters. The highest BCUT2D eigenvalue weighted by molar-refractivity contribution is 7.22. The van der Waals surface area contributed by atoms with E-state index in [0.717, 1.165) is 17.8 Å². The van der Waals surface area contributed by atoms with E-state index in [4.69, 9.17) is 4.98 Å². The summed E-state index contributed by atoms with van der Waals surface area (Å²) in [5.41, 5.74) is 2.52. The van der Waals surface area contributed by atoms with Crippen LogP contribution in [-0.4, -0.2) is 39.5 Å². The number of thiazole rings is 1. The summed E-state index contributed by atoms with van der Waals surface area (Å²) in [6.45, 7) is 1.86. The van der Waals surface area contributed by atoms with Gasteiger partial charge in [-0.1, -0.05) is 17.4 Å². The van der Waals surface area contributed by atoms with Crippen molar-refractivity contribution < 1.29 is 22.8 Å². The van der Waals surface area contributed by atoms with Crippen LogP contribution in [0.5, 0.6) is 0 Å². The van der Waals surface area contributed by atoms with Crippen LogP contribution < -0.4 is 16.0 Å². The molecule has 204 valence electrons. The lowest BCUT2D eigenvalue weighted by Crippen LogP contribution is -2.24. The first-order chi connectivity index (χ1) is 19.2.